The molecule has 4 aromatic carbocycles. The Labute approximate surface area is 212 Å². The van der Waals surface area contributed by atoms with Crippen molar-refractivity contribution in [2.24, 2.45) is 5.16 Å². The number of hydrogen-bond donors (Lipinski definition) is 1. The molecular formula is C29H23F2NO5. The number of rotatable bonds is 11. The molecule has 0 saturated carbocycles. The lowest BCUT2D eigenvalue weighted by Crippen LogP contribution is -2.03. The quantitative estimate of drug-likeness (QED) is 0.194. The summed E-state index contributed by atoms with van der Waals surface area (Å²) in [5, 5.41) is 12.3. The number of carboxylic acids is 1. The Morgan fingerprint density at radius 1 is 0.757 bits per heavy atom. The first-order chi connectivity index (χ1) is 18.0. The van der Waals surface area contributed by atoms with Crippen LogP contribution in [0.15, 0.2) is 96.2 Å². The number of carboxylic acid groups (broad SMARTS) is 1. The van der Waals surface area contributed by atoms with Crippen LogP contribution < -0.4 is 9.47 Å². The van der Waals surface area contributed by atoms with Crippen LogP contribution in [0, 0.1) is 11.6 Å². The van der Waals surface area contributed by atoms with Gasteiger partial charge in [0.25, 0.3) is 0 Å². The number of ether oxygens (including phenoxy) is 2. The van der Waals surface area contributed by atoms with Crippen LogP contribution in [0.2, 0.25) is 0 Å². The molecule has 0 radical (unpaired) electrons. The van der Waals surface area contributed by atoms with Crippen LogP contribution in [-0.4, -0.2) is 23.9 Å². The molecule has 0 fully saturated rings. The van der Waals surface area contributed by atoms with Crippen molar-refractivity contribution in [3.8, 4) is 22.6 Å². The number of oxime groups is 1. The molecule has 0 saturated heterocycles. The highest BCUT2D eigenvalue weighted by Crippen LogP contribution is 2.34. The molecule has 0 aromatic heterocycles. The molecule has 0 aliphatic rings. The van der Waals surface area contributed by atoms with E-state index >= 15 is 0 Å². The summed E-state index contributed by atoms with van der Waals surface area (Å²) in [5.41, 5.74) is 4.00. The average molecular weight is 504 g/mol. The van der Waals surface area contributed by atoms with E-state index in [0.29, 0.717) is 17.1 Å². The number of aliphatic carboxylic acids is 1. The van der Waals surface area contributed by atoms with Crippen molar-refractivity contribution in [3.63, 3.8) is 0 Å². The van der Waals surface area contributed by atoms with Gasteiger partial charge in [-0.3, -0.25) is 0 Å². The Hall–Kier alpha value is -4.72. The first kappa shape index (κ1) is 25.4. The Morgan fingerprint density at radius 2 is 1.35 bits per heavy atom. The van der Waals surface area contributed by atoms with Gasteiger partial charge in [-0.2, -0.15) is 0 Å². The van der Waals surface area contributed by atoms with E-state index in [1.807, 2.05) is 36.4 Å². The van der Waals surface area contributed by atoms with Crippen LogP contribution in [0.5, 0.6) is 11.5 Å². The van der Waals surface area contributed by atoms with Gasteiger partial charge < -0.3 is 19.4 Å². The molecule has 188 valence electrons. The smallest absolute Gasteiger partial charge is 0.344 e. The van der Waals surface area contributed by atoms with Crippen molar-refractivity contribution in [1.29, 1.82) is 0 Å². The zero-order valence-corrected chi connectivity index (χ0v) is 19.6. The van der Waals surface area contributed by atoms with Crippen molar-refractivity contribution < 1.29 is 33.0 Å². The number of hydrogen-bond acceptors (Lipinski definition) is 5. The minimum Gasteiger partial charge on any atom is -0.485 e. The molecule has 4 rings (SSSR count). The van der Waals surface area contributed by atoms with Crippen molar-refractivity contribution in [2.75, 3.05) is 6.61 Å². The molecule has 0 atom stereocenters. The molecular weight excluding hydrogens is 480 g/mol. The van der Waals surface area contributed by atoms with E-state index in [4.69, 9.17) is 19.4 Å². The van der Waals surface area contributed by atoms with E-state index in [0.717, 1.165) is 22.3 Å². The summed E-state index contributed by atoms with van der Waals surface area (Å²) in [4.78, 5) is 15.3. The van der Waals surface area contributed by atoms with Crippen LogP contribution in [0.4, 0.5) is 8.78 Å². The minimum atomic E-state index is -1.11. The van der Waals surface area contributed by atoms with Crippen LogP contribution in [0.25, 0.3) is 11.1 Å². The van der Waals surface area contributed by atoms with Crippen LogP contribution >= 0.6 is 0 Å². The molecule has 0 unspecified atom stereocenters. The largest absolute Gasteiger partial charge is 0.485 e. The van der Waals surface area contributed by atoms with Gasteiger partial charge >= 0.3 is 5.97 Å². The fourth-order valence-electron chi connectivity index (χ4n) is 3.39. The first-order valence-electron chi connectivity index (χ1n) is 11.3. The summed E-state index contributed by atoms with van der Waals surface area (Å²) in [7, 11) is 0. The third kappa shape index (κ3) is 7.63. The molecule has 4 aromatic rings. The zero-order valence-electron chi connectivity index (χ0n) is 19.6. The monoisotopic (exact) mass is 503 g/mol. The summed E-state index contributed by atoms with van der Waals surface area (Å²) in [6, 6.07) is 25.0. The number of benzene rings is 4. The zero-order chi connectivity index (χ0) is 26.0. The van der Waals surface area contributed by atoms with E-state index < -0.39 is 12.6 Å². The minimum absolute atomic E-state index is 0.199. The van der Waals surface area contributed by atoms with Crippen molar-refractivity contribution in [3.05, 3.63) is 119 Å². The third-order valence-electron chi connectivity index (χ3n) is 5.24. The normalized spacial score (nSPS) is 10.9. The highest BCUT2D eigenvalue weighted by atomic mass is 19.1. The molecule has 0 heterocycles. The number of nitrogens with zero attached hydrogens (tertiary/aromatic N) is 1. The summed E-state index contributed by atoms with van der Waals surface area (Å²) in [6.07, 6.45) is 1.43. The number of halogens is 2. The lowest BCUT2D eigenvalue weighted by atomic mass is 10.0. The van der Waals surface area contributed by atoms with Crippen molar-refractivity contribution in [1.82, 2.24) is 0 Å². The maximum absolute atomic E-state index is 13.3. The van der Waals surface area contributed by atoms with Gasteiger partial charge in [0.05, 0.1) is 6.21 Å². The second kappa shape index (κ2) is 12.3. The van der Waals surface area contributed by atoms with E-state index in [1.54, 1.807) is 30.3 Å². The lowest BCUT2D eigenvalue weighted by Gasteiger charge is -2.15. The standard InChI is InChI=1S/C29H23F2NO5/c30-25-9-4-20(5-10-25)17-35-27-13-8-24(15-28(27)36-18-21-6-11-26(31)12-7-21)23-3-1-2-22(14-23)16-32-37-19-29(33)34/h1-16H,17-19H2,(H,33,34)/b32-16+. The fourth-order valence-corrected chi connectivity index (χ4v) is 3.39. The maximum Gasteiger partial charge on any atom is 0.344 e. The highest BCUT2D eigenvalue weighted by molar-refractivity contribution is 5.82. The first-order valence-corrected chi connectivity index (χ1v) is 11.3. The fraction of sp³-hybridized carbons (Fsp3) is 0.103. The van der Waals surface area contributed by atoms with Crippen LogP contribution in [0.3, 0.4) is 0 Å². The molecule has 0 amide bonds. The summed E-state index contributed by atoms with van der Waals surface area (Å²) >= 11 is 0. The van der Waals surface area contributed by atoms with Gasteiger partial charge in [-0.1, -0.05) is 53.7 Å². The van der Waals surface area contributed by atoms with Crippen LogP contribution in [-0.2, 0) is 22.8 Å². The summed E-state index contributed by atoms with van der Waals surface area (Å²) in [5.74, 6) is -0.786. The Kier molecular flexibility index (Phi) is 8.44. The summed E-state index contributed by atoms with van der Waals surface area (Å²) in [6.45, 7) is -0.108. The highest BCUT2D eigenvalue weighted by Gasteiger charge is 2.10. The SMILES string of the molecule is O=C(O)CO/N=C/c1cccc(-c2ccc(OCc3ccc(F)cc3)c(OCc3ccc(F)cc3)c2)c1. The van der Waals surface area contributed by atoms with Gasteiger partial charge in [-0.15, -0.1) is 0 Å². The molecule has 0 bridgehead atoms. The summed E-state index contributed by atoms with van der Waals surface area (Å²) < 4.78 is 38.5. The molecule has 8 heteroatoms. The maximum atomic E-state index is 13.3. The Morgan fingerprint density at radius 3 is 1.97 bits per heavy atom. The molecule has 0 spiro atoms. The molecule has 37 heavy (non-hydrogen) atoms. The second-order valence-electron chi connectivity index (χ2n) is 8.02. The molecule has 0 aliphatic heterocycles. The van der Waals surface area contributed by atoms with E-state index in [1.165, 1.54) is 30.5 Å². The van der Waals surface area contributed by atoms with Gasteiger partial charge in [0.2, 0.25) is 6.61 Å². The van der Waals surface area contributed by atoms with Crippen molar-refractivity contribution in [2.45, 2.75) is 13.2 Å². The Balaban J connectivity index is 1.56. The molecule has 0 aliphatic carbocycles. The average Bonchev–Trinajstić information content (AvgIpc) is 2.91. The van der Waals surface area contributed by atoms with Gasteiger partial charge in [-0.25, -0.2) is 13.6 Å². The third-order valence-corrected chi connectivity index (χ3v) is 5.24. The van der Waals surface area contributed by atoms with Crippen molar-refractivity contribution >= 4 is 12.2 Å². The van der Waals surface area contributed by atoms with E-state index in [-0.39, 0.29) is 24.8 Å². The lowest BCUT2D eigenvalue weighted by molar-refractivity contribution is -0.142. The van der Waals surface area contributed by atoms with Gasteiger partial charge in [0.15, 0.2) is 11.5 Å². The number of carbonyl (C=O) groups is 1. The predicted octanol–water partition coefficient (Wildman–Crippen LogP) is 6.22. The van der Waals surface area contributed by atoms with Gasteiger partial charge in [0, 0.05) is 0 Å². The molecule has 1 N–H and O–H groups in total. The topological polar surface area (TPSA) is 77.4 Å². The van der Waals surface area contributed by atoms with Gasteiger partial charge in [-0.05, 0) is 70.3 Å². The molecule has 6 nitrogen and oxygen atoms in total. The van der Waals surface area contributed by atoms with E-state index in [9.17, 15) is 13.6 Å². The second-order valence-corrected chi connectivity index (χ2v) is 8.02. The van der Waals surface area contributed by atoms with Crippen LogP contribution in [0.1, 0.15) is 16.7 Å². The van der Waals surface area contributed by atoms with Gasteiger partial charge in [0.1, 0.15) is 24.8 Å². The van der Waals surface area contributed by atoms with E-state index in [2.05, 4.69) is 5.16 Å². The predicted molar refractivity (Wildman–Crippen MR) is 135 cm³/mol. The Bertz CT molecular complexity index is 1370.